The largest absolute Gasteiger partial charge is 0.452 e. The Labute approximate surface area is 165 Å². The van der Waals surface area contributed by atoms with Gasteiger partial charge in [-0.2, -0.15) is 13.2 Å². The van der Waals surface area contributed by atoms with E-state index in [1.54, 1.807) is 0 Å². The fourth-order valence-corrected chi connectivity index (χ4v) is 2.94. The third-order valence-corrected chi connectivity index (χ3v) is 4.41. The Morgan fingerprint density at radius 1 is 0.931 bits per heavy atom. The molecule has 164 valence electrons. The summed E-state index contributed by atoms with van der Waals surface area (Å²) in [6.07, 6.45) is -4.43. The smallest absolute Gasteiger partial charge is 0.345 e. The van der Waals surface area contributed by atoms with Crippen LogP contribution >= 0.6 is 0 Å². The van der Waals surface area contributed by atoms with Crippen molar-refractivity contribution in [2.24, 2.45) is 0 Å². The zero-order valence-corrected chi connectivity index (χ0v) is 16.6. The highest BCUT2D eigenvalue weighted by molar-refractivity contribution is 5.96. The van der Waals surface area contributed by atoms with E-state index in [-0.39, 0.29) is 13.0 Å². The molecule has 9 nitrogen and oxygen atoms in total. The molecule has 29 heavy (non-hydrogen) atoms. The number of ketones is 1. The Hall–Kier alpha value is -2.66. The predicted octanol–water partition coefficient (Wildman–Crippen LogP) is -0.357. The van der Waals surface area contributed by atoms with Crippen LogP contribution in [0.5, 0.6) is 0 Å². The van der Waals surface area contributed by atoms with Crippen LogP contribution in [0.3, 0.4) is 0 Å². The van der Waals surface area contributed by atoms with Gasteiger partial charge in [0.2, 0.25) is 23.6 Å². The summed E-state index contributed by atoms with van der Waals surface area (Å²) in [5.41, 5.74) is 0. The van der Waals surface area contributed by atoms with E-state index in [0.29, 0.717) is 6.42 Å². The average molecular weight is 422 g/mol. The molecular formula is C17H25F3N4O5. The second-order valence-corrected chi connectivity index (χ2v) is 6.93. The van der Waals surface area contributed by atoms with Crippen LogP contribution in [0.2, 0.25) is 0 Å². The first-order valence-electron chi connectivity index (χ1n) is 9.05. The topological polar surface area (TPSA) is 125 Å². The van der Waals surface area contributed by atoms with Gasteiger partial charge in [-0.15, -0.1) is 0 Å². The van der Waals surface area contributed by atoms with E-state index in [1.807, 2.05) is 5.32 Å². The lowest BCUT2D eigenvalue weighted by Gasteiger charge is -2.28. The Bertz CT molecular complexity index is 682. The van der Waals surface area contributed by atoms with Crippen molar-refractivity contribution in [1.82, 2.24) is 20.9 Å². The van der Waals surface area contributed by atoms with E-state index >= 15 is 0 Å². The Morgan fingerprint density at radius 2 is 1.52 bits per heavy atom. The average Bonchev–Trinajstić information content (AvgIpc) is 3.08. The van der Waals surface area contributed by atoms with Crippen molar-refractivity contribution < 1.29 is 37.1 Å². The highest BCUT2D eigenvalue weighted by atomic mass is 19.4. The lowest BCUT2D eigenvalue weighted by molar-refractivity contribution is -0.173. The van der Waals surface area contributed by atoms with Crippen LogP contribution in [0.4, 0.5) is 13.2 Å². The molecule has 0 saturated carbocycles. The number of amides is 4. The van der Waals surface area contributed by atoms with Crippen LogP contribution in [0.15, 0.2) is 0 Å². The molecule has 0 radical (unpaired) electrons. The van der Waals surface area contributed by atoms with Gasteiger partial charge in [0.1, 0.15) is 18.1 Å². The van der Waals surface area contributed by atoms with Crippen LogP contribution in [0.1, 0.15) is 40.5 Å². The summed E-state index contributed by atoms with van der Waals surface area (Å²) >= 11 is 0. The van der Waals surface area contributed by atoms with Gasteiger partial charge in [0.25, 0.3) is 5.78 Å². The maximum Gasteiger partial charge on any atom is 0.452 e. The highest BCUT2D eigenvalue weighted by Gasteiger charge is 2.43. The van der Waals surface area contributed by atoms with Gasteiger partial charge in [-0.1, -0.05) is 0 Å². The molecule has 3 N–H and O–H groups in total. The van der Waals surface area contributed by atoms with Crippen LogP contribution in [-0.4, -0.2) is 71.2 Å². The fraction of sp³-hybridized carbons (Fsp3) is 0.706. The number of nitrogens with zero attached hydrogens (tertiary/aromatic N) is 1. The zero-order chi connectivity index (χ0) is 22.5. The van der Waals surface area contributed by atoms with E-state index in [9.17, 15) is 37.1 Å². The number of hydrogen-bond acceptors (Lipinski definition) is 5. The normalized spacial score (nSPS) is 19.7. The lowest BCUT2D eigenvalue weighted by Crippen LogP contribution is -2.56. The molecule has 4 amide bonds. The first-order chi connectivity index (χ1) is 13.3. The summed E-state index contributed by atoms with van der Waals surface area (Å²) < 4.78 is 37.4. The van der Waals surface area contributed by atoms with Gasteiger partial charge in [-0.3, -0.25) is 24.0 Å². The van der Waals surface area contributed by atoms with Gasteiger partial charge in [-0.05, 0) is 33.6 Å². The van der Waals surface area contributed by atoms with Crippen LogP contribution in [0.25, 0.3) is 0 Å². The van der Waals surface area contributed by atoms with E-state index in [1.165, 1.54) is 20.8 Å². The van der Waals surface area contributed by atoms with Crippen molar-refractivity contribution in [3.8, 4) is 0 Å². The minimum absolute atomic E-state index is 0.181. The van der Waals surface area contributed by atoms with Gasteiger partial charge in [-0.25, -0.2) is 0 Å². The summed E-state index contributed by atoms with van der Waals surface area (Å²) in [7, 11) is 0. The second kappa shape index (κ2) is 9.70. The van der Waals surface area contributed by atoms with Crippen molar-refractivity contribution >= 4 is 29.4 Å². The number of hydrogen-bond donors (Lipinski definition) is 3. The van der Waals surface area contributed by atoms with Crippen LogP contribution in [0, 0.1) is 0 Å². The number of nitrogens with one attached hydrogen (secondary N) is 3. The molecule has 12 heteroatoms. The summed E-state index contributed by atoms with van der Waals surface area (Å²) in [5.74, 6) is -4.59. The summed E-state index contributed by atoms with van der Waals surface area (Å²) in [4.78, 5) is 60.3. The standard InChI is InChI=1S/C17H25F3N4O5/c1-8(13(26)17(18,19)20)22-15(28)12-6-5-7-24(12)16(29)10(3)23-14(27)9(2)21-11(4)25/h8-10,12H,5-7H2,1-4H3,(H,21,25)(H,22,28)(H,23,27)/t8-,9-,10-,12-/m0/s1. The zero-order valence-electron chi connectivity index (χ0n) is 16.6. The second-order valence-electron chi connectivity index (χ2n) is 6.93. The molecule has 0 spiro atoms. The maximum atomic E-state index is 12.6. The molecule has 0 unspecified atom stereocenters. The van der Waals surface area contributed by atoms with Crippen molar-refractivity contribution in [3.05, 3.63) is 0 Å². The van der Waals surface area contributed by atoms with Gasteiger partial charge < -0.3 is 20.9 Å². The van der Waals surface area contributed by atoms with Crippen molar-refractivity contribution in [1.29, 1.82) is 0 Å². The first-order valence-corrected chi connectivity index (χ1v) is 9.05. The minimum atomic E-state index is -5.08. The molecular weight excluding hydrogens is 397 g/mol. The van der Waals surface area contributed by atoms with Gasteiger partial charge in [0.15, 0.2) is 0 Å². The molecule has 1 rings (SSSR count). The minimum Gasteiger partial charge on any atom is -0.345 e. The Balaban J connectivity index is 2.73. The molecule has 1 heterocycles. The number of carbonyl (C=O) groups excluding carboxylic acids is 5. The highest BCUT2D eigenvalue weighted by Crippen LogP contribution is 2.21. The molecule has 4 atom stereocenters. The molecule has 1 aliphatic rings. The molecule has 0 aliphatic carbocycles. The Morgan fingerprint density at radius 3 is 2.03 bits per heavy atom. The molecule has 0 aromatic rings. The van der Waals surface area contributed by atoms with Gasteiger partial charge in [0.05, 0.1) is 6.04 Å². The molecule has 1 aliphatic heterocycles. The van der Waals surface area contributed by atoms with E-state index in [2.05, 4.69) is 10.6 Å². The third kappa shape index (κ3) is 6.71. The monoisotopic (exact) mass is 422 g/mol. The van der Waals surface area contributed by atoms with E-state index in [4.69, 9.17) is 0 Å². The summed E-state index contributed by atoms with van der Waals surface area (Å²) in [6, 6.07) is -4.73. The number of halogens is 3. The molecule has 1 saturated heterocycles. The molecule has 0 aromatic heterocycles. The van der Waals surface area contributed by atoms with Gasteiger partial charge >= 0.3 is 6.18 Å². The summed E-state index contributed by atoms with van der Waals surface area (Å²) in [5, 5.41) is 6.78. The van der Waals surface area contributed by atoms with E-state index in [0.717, 1.165) is 11.8 Å². The SMILES string of the molecule is CC(=O)N[C@@H](C)C(=O)N[C@@H](C)C(=O)N1CCC[C@H]1C(=O)N[C@@H](C)C(=O)C(F)(F)F. The van der Waals surface area contributed by atoms with Crippen molar-refractivity contribution in [2.75, 3.05) is 6.54 Å². The molecule has 0 aromatic carbocycles. The third-order valence-electron chi connectivity index (χ3n) is 4.41. The predicted molar refractivity (Wildman–Crippen MR) is 94.3 cm³/mol. The quantitative estimate of drug-likeness (QED) is 0.517. The first kappa shape index (κ1) is 24.4. The number of alkyl halides is 3. The fourth-order valence-electron chi connectivity index (χ4n) is 2.94. The van der Waals surface area contributed by atoms with Gasteiger partial charge in [0, 0.05) is 13.5 Å². The Kier molecular flexibility index (Phi) is 8.15. The lowest BCUT2D eigenvalue weighted by atomic mass is 10.1. The van der Waals surface area contributed by atoms with E-state index < -0.39 is 59.8 Å². The number of likely N-dealkylation sites (tertiary alicyclic amines) is 1. The van der Waals surface area contributed by atoms with Crippen LogP contribution in [-0.2, 0) is 24.0 Å². The number of carbonyl (C=O) groups is 5. The maximum absolute atomic E-state index is 12.6. The van der Waals surface area contributed by atoms with Crippen molar-refractivity contribution in [3.63, 3.8) is 0 Å². The molecule has 0 bridgehead atoms. The summed E-state index contributed by atoms with van der Waals surface area (Å²) in [6.45, 7) is 5.15. The molecule has 1 fully saturated rings. The van der Waals surface area contributed by atoms with Crippen molar-refractivity contribution in [2.45, 2.75) is 70.9 Å². The number of Topliss-reactive ketones (excluding diaryl/α,β-unsaturated/α-hetero) is 1. The number of rotatable bonds is 7. The van der Waals surface area contributed by atoms with Crippen LogP contribution < -0.4 is 16.0 Å².